The molecule has 1 aliphatic heterocycles. The Hall–Kier alpha value is -2.26. The van der Waals surface area contributed by atoms with Crippen LogP contribution in [0.5, 0.6) is 11.5 Å². The summed E-state index contributed by atoms with van der Waals surface area (Å²) in [5, 5.41) is 21.5. The van der Waals surface area contributed by atoms with Gasteiger partial charge in [0.05, 0.1) is 6.10 Å². The van der Waals surface area contributed by atoms with E-state index in [1.807, 2.05) is 18.2 Å². The van der Waals surface area contributed by atoms with Crippen LogP contribution in [0.3, 0.4) is 0 Å². The van der Waals surface area contributed by atoms with E-state index in [0.29, 0.717) is 5.75 Å². The Morgan fingerprint density at radius 1 is 1.17 bits per heavy atom. The molecule has 0 radical (unpaired) electrons. The predicted octanol–water partition coefficient (Wildman–Crippen LogP) is 5.99. The fraction of sp³-hybridized carbons (Fsp3) is 0.462. The maximum atomic E-state index is 10.8. The van der Waals surface area contributed by atoms with E-state index in [2.05, 4.69) is 45.0 Å². The van der Waals surface area contributed by atoms with Gasteiger partial charge in [0.15, 0.2) is 0 Å². The maximum absolute atomic E-state index is 10.8. The summed E-state index contributed by atoms with van der Waals surface area (Å²) in [6.45, 7) is 6.33. The summed E-state index contributed by atoms with van der Waals surface area (Å²) in [4.78, 5) is 0. The zero-order chi connectivity index (χ0) is 20.6. The van der Waals surface area contributed by atoms with Crippen molar-refractivity contribution in [1.82, 2.24) is 0 Å². The number of hydrogen-bond donors (Lipinski definition) is 2. The summed E-state index contributed by atoms with van der Waals surface area (Å²) in [7, 11) is 0. The number of aliphatic hydroxyl groups is 1. The van der Waals surface area contributed by atoms with Crippen LogP contribution in [-0.4, -0.2) is 21.9 Å². The Labute approximate surface area is 174 Å². The van der Waals surface area contributed by atoms with Crippen LogP contribution in [0.4, 0.5) is 0 Å². The molecule has 154 valence electrons. The van der Waals surface area contributed by atoms with Gasteiger partial charge in [-0.15, -0.1) is 0 Å². The third-order valence-electron chi connectivity index (χ3n) is 6.55. The van der Waals surface area contributed by atoms with Crippen LogP contribution in [0.25, 0.3) is 5.57 Å². The SMILES string of the molecule is CC(CCCc1ccccc1)c1cc2c(cc1O)C1=C(CCC[C@@H]1O)C(C)(C)O2. The van der Waals surface area contributed by atoms with Crippen LogP contribution in [0.1, 0.15) is 75.5 Å². The van der Waals surface area contributed by atoms with Crippen molar-refractivity contribution < 1.29 is 14.9 Å². The molecule has 0 spiro atoms. The van der Waals surface area contributed by atoms with Crippen LogP contribution >= 0.6 is 0 Å². The van der Waals surface area contributed by atoms with Crippen LogP contribution < -0.4 is 4.74 Å². The van der Waals surface area contributed by atoms with Gasteiger partial charge in [0.1, 0.15) is 17.1 Å². The molecule has 0 amide bonds. The molecular weight excluding hydrogens is 360 g/mol. The Morgan fingerprint density at radius 3 is 2.69 bits per heavy atom. The number of phenolic OH excluding ortho intramolecular Hbond substituents is 1. The molecule has 3 nitrogen and oxygen atoms in total. The van der Waals surface area contributed by atoms with E-state index in [0.717, 1.165) is 61.0 Å². The second kappa shape index (κ2) is 7.87. The first-order chi connectivity index (χ1) is 13.9. The number of aliphatic hydroxyl groups excluding tert-OH is 1. The van der Waals surface area contributed by atoms with Crippen molar-refractivity contribution in [3.63, 3.8) is 0 Å². The summed E-state index contributed by atoms with van der Waals surface area (Å²) in [6.07, 6.45) is 5.33. The van der Waals surface area contributed by atoms with Gasteiger partial charge in [-0.3, -0.25) is 0 Å². The van der Waals surface area contributed by atoms with E-state index in [1.165, 1.54) is 11.1 Å². The number of hydrogen-bond acceptors (Lipinski definition) is 3. The standard InChI is InChI=1S/C26H32O3/c1-17(9-7-12-18-10-5-4-6-11-18)19-16-24-20(15-23(19)28)25-21(26(2,3)29-24)13-8-14-22(25)27/h4-6,10-11,15-17,22,27-28H,7-9,12-14H2,1-3H3/t17?,22-/m0/s1. The summed E-state index contributed by atoms with van der Waals surface area (Å²) in [5.74, 6) is 1.34. The summed E-state index contributed by atoms with van der Waals surface area (Å²) in [5.41, 5.74) is 4.87. The molecule has 2 aromatic carbocycles. The predicted molar refractivity (Wildman–Crippen MR) is 117 cm³/mol. The quantitative estimate of drug-likeness (QED) is 0.657. The van der Waals surface area contributed by atoms with Gasteiger partial charge in [0.2, 0.25) is 0 Å². The number of rotatable bonds is 5. The molecule has 0 saturated carbocycles. The molecule has 2 aliphatic rings. The van der Waals surface area contributed by atoms with E-state index < -0.39 is 11.7 Å². The Bertz CT molecular complexity index is 911. The number of aromatic hydroxyl groups is 1. The zero-order valence-corrected chi connectivity index (χ0v) is 17.7. The molecule has 0 saturated heterocycles. The summed E-state index contributed by atoms with van der Waals surface area (Å²) in [6, 6.07) is 14.4. The molecule has 2 N–H and O–H groups in total. The second-order valence-electron chi connectivity index (χ2n) is 9.10. The Morgan fingerprint density at radius 2 is 1.93 bits per heavy atom. The van der Waals surface area contributed by atoms with Gasteiger partial charge in [-0.2, -0.15) is 0 Å². The smallest absolute Gasteiger partial charge is 0.128 e. The minimum Gasteiger partial charge on any atom is -0.508 e. The van der Waals surface area contributed by atoms with Crippen molar-refractivity contribution in [3.05, 3.63) is 64.7 Å². The second-order valence-corrected chi connectivity index (χ2v) is 9.10. The lowest BCUT2D eigenvalue weighted by Crippen LogP contribution is -2.38. The number of fused-ring (bicyclic) bond motifs is 2. The zero-order valence-electron chi connectivity index (χ0n) is 17.7. The molecule has 1 unspecified atom stereocenters. The molecule has 1 aliphatic carbocycles. The molecule has 1 heterocycles. The first kappa shape index (κ1) is 20.0. The van der Waals surface area contributed by atoms with E-state index >= 15 is 0 Å². The topological polar surface area (TPSA) is 49.7 Å². The lowest BCUT2D eigenvalue weighted by Gasteiger charge is -2.41. The van der Waals surface area contributed by atoms with Gasteiger partial charge in [-0.25, -0.2) is 0 Å². The fourth-order valence-corrected chi connectivity index (χ4v) is 4.94. The number of ether oxygens (including phenoxy) is 1. The van der Waals surface area contributed by atoms with Gasteiger partial charge in [0, 0.05) is 11.1 Å². The van der Waals surface area contributed by atoms with E-state index in [9.17, 15) is 10.2 Å². The van der Waals surface area contributed by atoms with E-state index in [-0.39, 0.29) is 5.92 Å². The van der Waals surface area contributed by atoms with Crippen molar-refractivity contribution in [2.45, 2.75) is 76.9 Å². The van der Waals surface area contributed by atoms with Crippen LogP contribution in [-0.2, 0) is 6.42 Å². The van der Waals surface area contributed by atoms with E-state index in [4.69, 9.17) is 4.74 Å². The molecule has 2 aromatic rings. The molecule has 2 atom stereocenters. The van der Waals surface area contributed by atoms with Crippen molar-refractivity contribution in [2.24, 2.45) is 0 Å². The Balaban J connectivity index is 1.57. The molecule has 0 aromatic heterocycles. The van der Waals surface area contributed by atoms with Gasteiger partial charge >= 0.3 is 0 Å². The van der Waals surface area contributed by atoms with Crippen LogP contribution in [0.15, 0.2) is 48.0 Å². The third kappa shape index (κ3) is 3.93. The number of aryl methyl sites for hydroxylation is 1. The maximum Gasteiger partial charge on any atom is 0.128 e. The van der Waals surface area contributed by atoms with Crippen molar-refractivity contribution in [2.75, 3.05) is 0 Å². The molecule has 0 bridgehead atoms. The average molecular weight is 393 g/mol. The van der Waals surface area contributed by atoms with Gasteiger partial charge < -0.3 is 14.9 Å². The summed E-state index contributed by atoms with van der Waals surface area (Å²) >= 11 is 0. The number of benzene rings is 2. The van der Waals surface area contributed by atoms with Gasteiger partial charge in [0.25, 0.3) is 0 Å². The molecular formula is C26H32O3. The normalized spacial score (nSPS) is 21.2. The lowest BCUT2D eigenvalue weighted by molar-refractivity contribution is 0.125. The van der Waals surface area contributed by atoms with E-state index in [1.54, 1.807) is 0 Å². The van der Waals surface area contributed by atoms with Crippen molar-refractivity contribution >= 4 is 5.57 Å². The highest BCUT2D eigenvalue weighted by Gasteiger charge is 2.39. The van der Waals surface area contributed by atoms with Crippen LogP contribution in [0.2, 0.25) is 0 Å². The fourth-order valence-electron chi connectivity index (χ4n) is 4.94. The number of phenols is 1. The molecule has 4 rings (SSSR count). The van der Waals surface area contributed by atoms with Gasteiger partial charge in [-0.05, 0) is 87.1 Å². The average Bonchev–Trinajstić information content (AvgIpc) is 2.69. The molecule has 3 heteroatoms. The summed E-state index contributed by atoms with van der Waals surface area (Å²) < 4.78 is 6.38. The minimum atomic E-state index is -0.478. The minimum absolute atomic E-state index is 0.238. The van der Waals surface area contributed by atoms with Crippen molar-refractivity contribution in [3.8, 4) is 11.5 Å². The molecule has 29 heavy (non-hydrogen) atoms. The first-order valence-electron chi connectivity index (χ1n) is 10.9. The van der Waals surface area contributed by atoms with Crippen molar-refractivity contribution in [1.29, 1.82) is 0 Å². The highest BCUT2D eigenvalue weighted by Crippen LogP contribution is 2.49. The monoisotopic (exact) mass is 392 g/mol. The third-order valence-corrected chi connectivity index (χ3v) is 6.55. The first-order valence-corrected chi connectivity index (χ1v) is 10.9. The lowest BCUT2D eigenvalue weighted by atomic mass is 9.76. The highest BCUT2D eigenvalue weighted by molar-refractivity contribution is 5.81. The molecule has 0 fully saturated rings. The largest absolute Gasteiger partial charge is 0.508 e. The van der Waals surface area contributed by atoms with Gasteiger partial charge in [-0.1, -0.05) is 37.3 Å². The Kier molecular flexibility index (Phi) is 5.44. The van der Waals surface area contributed by atoms with Crippen LogP contribution in [0, 0.1) is 0 Å². The highest BCUT2D eigenvalue weighted by atomic mass is 16.5.